The number of aliphatic imine (C=N–C) groups is 1. The number of thiazole rings is 1. The summed E-state index contributed by atoms with van der Waals surface area (Å²) in [5, 5.41) is 14.6. The molecule has 79 heavy (non-hydrogen) atoms. The Morgan fingerprint density at radius 2 is 1.61 bits per heavy atom. The van der Waals surface area contributed by atoms with Gasteiger partial charge in [-0.15, -0.1) is 20.1 Å². The number of hydrogen-bond acceptors (Lipinski definition) is 16. The van der Waals surface area contributed by atoms with Crippen LogP contribution in [0.2, 0.25) is 0 Å². The highest BCUT2D eigenvalue weighted by atomic mass is 32.1. The molecule has 1 aliphatic heterocycles. The van der Waals surface area contributed by atoms with Gasteiger partial charge in [0.25, 0.3) is 0 Å². The summed E-state index contributed by atoms with van der Waals surface area (Å²) in [5.74, 6) is 5.61. The molecule has 1 atom stereocenters. The number of urea groups is 1. The summed E-state index contributed by atoms with van der Waals surface area (Å²) in [6.45, 7) is 15.3. The summed E-state index contributed by atoms with van der Waals surface area (Å²) >= 11 is 1.39. The van der Waals surface area contributed by atoms with Gasteiger partial charge in [0.1, 0.15) is 24.1 Å². The highest BCUT2D eigenvalue weighted by Crippen LogP contribution is 2.48. The molecular weight excluding hydrogens is 1040 g/mol. The van der Waals surface area contributed by atoms with Crippen LogP contribution in [0.5, 0.6) is 23.0 Å². The number of halogens is 2. The second-order valence-electron chi connectivity index (χ2n) is 18.4. The number of aromatic nitrogens is 1. The average Bonchev–Trinajstić information content (AvgIpc) is 4.30. The smallest absolute Gasteiger partial charge is 0.494 e. The molecule has 1 saturated carbocycles. The number of fused-ring (bicyclic) bond motifs is 1. The van der Waals surface area contributed by atoms with Crippen LogP contribution in [0, 0.1) is 0 Å². The van der Waals surface area contributed by atoms with Crippen LogP contribution in [-0.2, 0) is 36.6 Å². The Labute approximate surface area is 464 Å². The number of alkyl halides is 2. The maximum Gasteiger partial charge on any atom is 0.586 e. The van der Waals surface area contributed by atoms with Crippen LogP contribution in [0.4, 0.5) is 24.4 Å². The molecule has 5 N–H and O–H groups in total. The van der Waals surface area contributed by atoms with Crippen LogP contribution in [0.25, 0.3) is 0 Å². The Balaban J connectivity index is 0.770. The summed E-state index contributed by atoms with van der Waals surface area (Å²) in [6.07, 6.45) is 7.50. The molecule has 6 rings (SSSR count). The number of nitrogens with one attached hydrogen (secondary N) is 3. The van der Waals surface area contributed by atoms with Crippen molar-refractivity contribution < 1.29 is 56.3 Å². The fourth-order valence-electron chi connectivity index (χ4n) is 8.00. The lowest BCUT2D eigenvalue weighted by atomic mass is 10.0. The first-order valence-corrected chi connectivity index (χ1v) is 27.3. The number of nitrogens with zero attached hydrogens (tertiary/aromatic N) is 5. The van der Waals surface area contributed by atoms with Gasteiger partial charge in [-0.25, -0.2) is 9.78 Å². The molecular formula is C57H73F2N9O10S. The molecule has 2 heterocycles. The van der Waals surface area contributed by atoms with E-state index in [9.17, 15) is 23.2 Å². The Bertz CT molecular complexity index is 2670. The highest BCUT2D eigenvalue weighted by molar-refractivity contribution is 7.13. The van der Waals surface area contributed by atoms with Crippen molar-refractivity contribution in [3.05, 3.63) is 126 Å². The van der Waals surface area contributed by atoms with E-state index in [1.54, 1.807) is 48.7 Å². The Morgan fingerprint density at radius 3 is 2.32 bits per heavy atom. The minimum Gasteiger partial charge on any atom is -0.494 e. The van der Waals surface area contributed by atoms with Gasteiger partial charge in [0.05, 0.1) is 64.2 Å². The molecule has 19 nitrogen and oxygen atoms in total. The number of unbranched alkanes of at least 4 members (excludes halogenated alkanes) is 1. The normalized spacial score (nSPS) is 14.2. The maximum atomic E-state index is 14.3. The van der Waals surface area contributed by atoms with Crippen LogP contribution in [0.1, 0.15) is 68.3 Å². The zero-order valence-corrected chi connectivity index (χ0v) is 45.8. The number of allylic oxidation sites excluding steroid dienone is 2. The summed E-state index contributed by atoms with van der Waals surface area (Å²) in [6, 6.07) is 17.1. The first kappa shape index (κ1) is 61.0. The summed E-state index contributed by atoms with van der Waals surface area (Å²) in [4.78, 5) is 52.7. The van der Waals surface area contributed by atoms with Gasteiger partial charge in [-0.05, 0) is 106 Å². The van der Waals surface area contributed by atoms with Crippen LogP contribution in [-0.4, -0.2) is 143 Å². The molecule has 4 aromatic rings. The zero-order valence-electron chi connectivity index (χ0n) is 45.0. The van der Waals surface area contributed by atoms with E-state index in [-0.39, 0.29) is 48.0 Å². The van der Waals surface area contributed by atoms with Crippen molar-refractivity contribution in [1.82, 2.24) is 20.1 Å². The van der Waals surface area contributed by atoms with Gasteiger partial charge in [-0.3, -0.25) is 19.9 Å². The third kappa shape index (κ3) is 21.2. The van der Waals surface area contributed by atoms with Gasteiger partial charge in [0.15, 0.2) is 16.6 Å². The van der Waals surface area contributed by atoms with E-state index < -0.39 is 18.2 Å². The van der Waals surface area contributed by atoms with E-state index in [1.165, 1.54) is 34.4 Å². The number of para-hydroxylation sites is 1. The van der Waals surface area contributed by atoms with Crippen molar-refractivity contribution in [2.24, 2.45) is 15.9 Å². The van der Waals surface area contributed by atoms with Crippen LogP contribution in [0.15, 0.2) is 119 Å². The second-order valence-corrected chi connectivity index (χ2v) is 19.2. The van der Waals surface area contributed by atoms with Gasteiger partial charge in [-0.2, -0.15) is 5.10 Å². The number of hydrazone groups is 1. The fourth-order valence-corrected chi connectivity index (χ4v) is 8.79. The van der Waals surface area contributed by atoms with Crippen molar-refractivity contribution in [2.45, 2.75) is 76.7 Å². The minimum absolute atomic E-state index is 0.0868. The lowest BCUT2D eigenvalue weighted by Crippen LogP contribution is -2.45. The molecule has 2 aliphatic rings. The molecule has 22 heteroatoms. The summed E-state index contributed by atoms with van der Waals surface area (Å²) < 4.78 is 67.0. The van der Waals surface area contributed by atoms with Crippen LogP contribution in [0.3, 0.4) is 0 Å². The number of rotatable bonds is 37. The van der Waals surface area contributed by atoms with E-state index in [2.05, 4.69) is 56.1 Å². The van der Waals surface area contributed by atoms with Crippen LogP contribution >= 0.6 is 11.3 Å². The Hall–Kier alpha value is -7.24. The van der Waals surface area contributed by atoms with E-state index in [1.807, 2.05) is 36.6 Å². The topological polar surface area (TPSA) is 222 Å². The van der Waals surface area contributed by atoms with E-state index in [0.29, 0.717) is 113 Å². The largest absolute Gasteiger partial charge is 0.586 e. The minimum atomic E-state index is -3.91. The molecule has 0 radical (unpaired) electrons. The number of hydrogen-bond donors (Lipinski definition) is 4. The first-order chi connectivity index (χ1) is 38.4. The SMILES string of the molecule is C=C/C=C(\C=C)CNC(=O)C(c1cccc2c1OC(F)(F)O2)N(C(=O)CCc1ccc(OCCCCN(C)CCOCCOCC/C(C=NCCOCCOc2ccc(NC(=O)Nc3nc(CC)cs3)cc2)=N/N)cc1)C1CC1. The third-order valence-corrected chi connectivity index (χ3v) is 13.1. The number of benzene rings is 3. The number of likely N-dealkylation sites (N-methyl/N-ethyl adjacent to an activating group) is 1. The van der Waals surface area contributed by atoms with Crippen molar-refractivity contribution in [1.29, 1.82) is 0 Å². The highest BCUT2D eigenvalue weighted by Gasteiger charge is 2.48. The standard InChI is InChI=1S/C57H73F2N9O10S/c1-5-11-41(6-2)38-62-54(70)52(49-12-10-13-50-53(49)78-57(58,59)77-50)68(46-19-20-46)51(69)25-16-42-14-21-47(22-15-42)75-30-9-8-28-67(4)29-33-74-35-34-72-31-26-45(66-60)39-61-27-32-73-36-37-76-48-23-17-44(18-24-48)63-55(71)65-56-64-43(7-3)40-79-56/h5-6,10-15,17-18,21-24,39-40,46,52H,1-2,7-9,16,19-20,25-38,60H2,3-4H3,(H,62,70)(H2,63,64,65,71)/b41-11+,61-39?,66-45-. The lowest BCUT2D eigenvalue weighted by molar-refractivity contribution is -0.287. The third-order valence-electron chi connectivity index (χ3n) is 12.3. The monoisotopic (exact) mass is 1110 g/mol. The molecule has 1 fully saturated rings. The van der Waals surface area contributed by atoms with E-state index >= 15 is 0 Å². The molecule has 1 aromatic heterocycles. The molecule has 4 amide bonds. The number of nitrogens with two attached hydrogens (primary N) is 1. The molecule has 0 bridgehead atoms. The quantitative estimate of drug-likeness (QED) is 0.0109. The zero-order chi connectivity index (χ0) is 56.2. The predicted octanol–water partition coefficient (Wildman–Crippen LogP) is 8.75. The second kappa shape index (κ2) is 32.6. The Morgan fingerprint density at radius 1 is 0.886 bits per heavy atom. The van der Waals surface area contributed by atoms with E-state index in [0.717, 1.165) is 49.4 Å². The molecule has 0 saturated heterocycles. The lowest BCUT2D eigenvalue weighted by Gasteiger charge is -2.32. The molecule has 0 spiro atoms. The molecule has 1 aliphatic carbocycles. The maximum absolute atomic E-state index is 14.3. The number of carbonyl (C=O) groups excluding carboxylic acids is 3. The fraction of sp³-hybridized carbons (Fsp3) is 0.439. The predicted molar refractivity (Wildman–Crippen MR) is 302 cm³/mol. The van der Waals surface area contributed by atoms with Gasteiger partial charge in [0.2, 0.25) is 11.8 Å². The Kier molecular flexibility index (Phi) is 25.2. The van der Waals surface area contributed by atoms with Crippen LogP contribution < -0.4 is 40.7 Å². The number of amides is 4. The number of anilines is 2. The van der Waals surface area contributed by atoms with Gasteiger partial charge < -0.3 is 59.4 Å². The van der Waals surface area contributed by atoms with Gasteiger partial charge >= 0.3 is 12.3 Å². The van der Waals surface area contributed by atoms with Crippen molar-refractivity contribution in [3.63, 3.8) is 0 Å². The molecule has 1 unspecified atom stereocenters. The summed E-state index contributed by atoms with van der Waals surface area (Å²) in [5.41, 5.74) is 3.88. The van der Waals surface area contributed by atoms with Crippen molar-refractivity contribution >= 4 is 51.9 Å². The molecule has 426 valence electrons. The van der Waals surface area contributed by atoms with Gasteiger partial charge in [0, 0.05) is 54.8 Å². The van der Waals surface area contributed by atoms with Crippen molar-refractivity contribution in [3.8, 4) is 23.0 Å². The van der Waals surface area contributed by atoms with E-state index in [4.69, 9.17) is 39.0 Å². The average molecular weight is 1110 g/mol. The molecule has 3 aromatic carbocycles. The number of ether oxygens (including phenoxy) is 7. The number of aryl methyl sites for hydroxylation is 2. The summed E-state index contributed by atoms with van der Waals surface area (Å²) in [7, 11) is 2.05. The first-order valence-electron chi connectivity index (χ1n) is 26.5. The van der Waals surface area contributed by atoms with Gasteiger partial charge in [-0.1, -0.05) is 62.6 Å². The number of carbonyl (C=O) groups is 3. The van der Waals surface area contributed by atoms with Crippen molar-refractivity contribution in [2.75, 3.05) is 96.7 Å².